The zero-order valence-electron chi connectivity index (χ0n) is 18.0. The Balaban J connectivity index is 2.15. The molecule has 3 rings (SSSR count). The van der Waals surface area contributed by atoms with E-state index < -0.39 is 17.7 Å². The maximum Gasteiger partial charge on any atom is 0.295 e. The Kier molecular flexibility index (Phi) is 7.10. The Hall–Kier alpha value is -2.34. The minimum atomic E-state index is -0.708. The molecule has 7 heteroatoms. The van der Waals surface area contributed by atoms with E-state index in [-0.39, 0.29) is 16.4 Å². The number of ketones is 1. The number of carbonyl (C=O) groups is 2. The Morgan fingerprint density at radius 3 is 2.26 bits per heavy atom. The first-order valence-electron chi connectivity index (χ1n) is 10.1. The van der Waals surface area contributed by atoms with E-state index in [0.29, 0.717) is 29.6 Å². The number of hydrogen-bond acceptors (Lipinski definition) is 4. The second kappa shape index (κ2) is 9.43. The number of hydrogen-bond donors (Lipinski definition) is 1. The number of likely N-dealkylation sites (tertiary alicyclic amines) is 1. The molecule has 1 N–H and O–H groups in total. The average Bonchev–Trinajstić information content (AvgIpc) is 2.98. The van der Waals surface area contributed by atoms with Gasteiger partial charge in [-0.1, -0.05) is 61.3 Å². The van der Waals surface area contributed by atoms with E-state index >= 15 is 0 Å². The van der Waals surface area contributed by atoms with Crippen molar-refractivity contribution in [3.05, 3.63) is 74.8 Å². The smallest absolute Gasteiger partial charge is 0.295 e. The number of benzene rings is 2. The van der Waals surface area contributed by atoms with Crippen LogP contribution in [0.1, 0.15) is 42.5 Å². The van der Waals surface area contributed by atoms with Crippen molar-refractivity contribution in [1.82, 2.24) is 9.80 Å². The van der Waals surface area contributed by atoms with Crippen LogP contribution in [0.15, 0.2) is 48.0 Å². The largest absolute Gasteiger partial charge is 0.507 e. The lowest BCUT2D eigenvalue weighted by Crippen LogP contribution is -2.35. The molecule has 2 aromatic rings. The first-order chi connectivity index (χ1) is 14.6. The minimum Gasteiger partial charge on any atom is -0.507 e. The molecular weight excluding hydrogens is 435 g/mol. The van der Waals surface area contributed by atoms with Crippen LogP contribution < -0.4 is 0 Å². The van der Waals surface area contributed by atoms with Gasteiger partial charge in [0, 0.05) is 18.7 Å². The van der Waals surface area contributed by atoms with E-state index in [2.05, 4.69) is 13.8 Å². The van der Waals surface area contributed by atoms with Gasteiger partial charge in [-0.05, 0) is 49.3 Å². The van der Waals surface area contributed by atoms with Crippen LogP contribution in [0.25, 0.3) is 5.76 Å². The molecule has 1 fully saturated rings. The van der Waals surface area contributed by atoms with Gasteiger partial charge in [0.25, 0.3) is 11.7 Å². The summed E-state index contributed by atoms with van der Waals surface area (Å²) in [5.41, 5.74) is 2.31. The first kappa shape index (κ1) is 23.3. The first-order valence-corrected chi connectivity index (χ1v) is 10.9. The van der Waals surface area contributed by atoms with Crippen LogP contribution >= 0.6 is 23.2 Å². The lowest BCUT2D eigenvalue weighted by Gasteiger charge is -2.27. The number of rotatable bonds is 6. The summed E-state index contributed by atoms with van der Waals surface area (Å²) in [6, 6.07) is 11.7. The highest BCUT2D eigenvalue weighted by Gasteiger charge is 2.45. The van der Waals surface area contributed by atoms with Crippen molar-refractivity contribution in [3.8, 4) is 0 Å². The molecule has 0 radical (unpaired) electrons. The van der Waals surface area contributed by atoms with Gasteiger partial charge in [-0.15, -0.1) is 0 Å². The molecule has 5 nitrogen and oxygen atoms in total. The van der Waals surface area contributed by atoms with Gasteiger partial charge in [-0.3, -0.25) is 9.59 Å². The lowest BCUT2D eigenvalue weighted by atomic mass is 9.93. The van der Waals surface area contributed by atoms with Crippen molar-refractivity contribution >= 4 is 40.7 Å². The summed E-state index contributed by atoms with van der Waals surface area (Å²) in [6.45, 7) is 5.14. The maximum absolute atomic E-state index is 13.0. The summed E-state index contributed by atoms with van der Waals surface area (Å²) >= 11 is 12.1. The zero-order valence-corrected chi connectivity index (χ0v) is 19.5. The maximum atomic E-state index is 13.0. The normalized spacial score (nSPS) is 18.5. The number of Topliss-reactive ketones (excluding diaryl/α,β-unsaturated/α-hetero) is 1. The predicted molar refractivity (Wildman–Crippen MR) is 125 cm³/mol. The third-order valence-corrected chi connectivity index (χ3v) is 6.18. The highest BCUT2D eigenvalue weighted by molar-refractivity contribution is 6.46. The van der Waals surface area contributed by atoms with E-state index in [9.17, 15) is 14.7 Å². The molecule has 1 amide bonds. The van der Waals surface area contributed by atoms with Crippen LogP contribution in [0.4, 0.5) is 0 Å². The number of carbonyl (C=O) groups excluding carboxylic acids is 2. The molecule has 2 aromatic carbocycles. The number of aliphatic hydroxyl groups excluding tert-OH is 1. The number of nitrogens with zero attached hydrogens (tertiary/aromatic N) is 2. The Labute approximate surface area is 192 Å². The summed E-state index contributed by atoms with van der Waals surface area (Å²) in [7, 11) is 3.80. The van der Waals surface area contributed by atoms with Crippen molar-refractivity contribution in [2.45, 2.75) is 25.8 Å². The summed E-state index contributed by atoms with van der Waals surface area (Å²) in [5.74, 6) is -1.24. The van der Waals surface area contributed by atoms with Crippen molar-refractivity contribution in [3.63, 3.8) is 0 Å². The van der Waals surface area contributed by atoms with Crippen LogP contribution in [-0.2, 0) is 9.59 Å². The summed E-state index contributed by atoms with van der Waals surface area (Å²) < 4.78 is 0. The SMILES string of the molecule is CC(C)c1ccc(C2/C(=C(/O)c3ccc(Cl)c(Cl)c3)C(=O)C(=O)N2CCN(C)C)cc1. The van der Waals surface area contributed by atoms with E-state index in [4.69, 9.17) is 23.2 Å². The Morgan fingerprint density at radius 1 is 1.06 bits per heavy atom. The van der Waals surface area contributed by atoms with Crippen LogP contribution in [0.5, 0.6) is 0 Å². The lowest BCUT2D eigenvalue weighted by molar-refractivity contribution is -0.140. The number of likely N-dealkylation sites (N-methyl/N-ethyl adjacent to an activating group) is 1. The second-order valence-electron chi connectivity index (χ2n) is 8.25. The summed E-state index contributed by atoms with van der Waals surface area (Å²) in [5, 5.41) is 11.7. The predicted octanol–water partition coefficient (Wildman–Crippen LogP) is 5.10. The van der Waals surface area contributed by atoms with Crippen molar-refractivity contribution in [2.24, 2.45) is 0 Å². The van der Waals surface area contributed by atoms with Crippen molar-refractivity contribution in [2.75, 3.05) is 27.2 Å². The molecule has 0 saturated carbocycles. The fraction of sp³-hybridized carbons (Fsp3) is 0.333. The fourth-order valence-corrected chi connectivity index (χ4v) is 3.93. The van der Waals surface area contributed by atoms with E-state index in [1.807, 2.05) is 43.3 Å². The van der Waals surface area contributed by atoms with Gasteiger partial charge in [0.15, 0.2) is 0 Å². The third-order valence-electron chi connectivity index (χ3n) is 5.44. The molecule has 164 valence electrons. The Bertz CT molecular complexity index is 1030. The van der Waals surface area contributed by atoms with Crippen LogP contribution in [0.2, 0.25) is 10.0 Å². The standard InChI is InChI=1S/C24H26Cl2N2O3/c1-14(2)15-5-7-16(8-6-15)21-20(22(29)17-9-10-18(25)19(26)13-17)23(30)24(31)28(21)12-11-27(3)4/h5-10,13-14,21,29H,11-12H2,1-4H3/b22-20-. The van der Waals surface area contributed by atoms with Crippen LogP contribution in [0, 0.1) is 0 Å². The van der Waals surface area contributed by atoms with Gasteiger partial charge in [0.1, 0.15) is 5.76 Å². The second-order valence-corrected chi connectivity index (χ2v) is 9.06. The number of amides is 1. The van der Waals surface area contributed by atoms with E-state index in [1.54, 1.807) is 12.1 Å². The van der Waals surface area contributed by atoms with Crippen molar-refractivity contribution < 1.29 is 14.7 Å². The molecule has 1 aliphatic heterocycles. The van der Waals surface area contributed by atoms with Gasteiger partial charge in [0.2, 0.25) is 0 Å². The quantitative estimate of drug-likeness (QED) is 0.370. The molecule has 1 unspecified atom stereocenters. The van der Waals surface area contributed by atoms with Gasteiger partial charge >= 0.3 is 0 Å². The number of aliphatic hydroxyl groups is 1. The minimum absolute atomic E-state index is 0.0550. The fourth-order valence-electron chi connectivity index (χ4n) is 3.63. The van der Waals surface area contributed by atoms with Gasteiger partial charge < -0.3 is 14.9 Å². The highest BCUT2D eigenvalue weighted by Crippen LogP contribution is 2.40. The molecule has 1 atom stereocenters. The molecular formula is C24H26Cl2N2O3. The third kappa shape index (κ3) is 4.79. The molecule has 0 spiro atoms. The monoisotopic (exact) mass is 460 g/mol. The van der Waals surface area contributed by atoms with Crippen LogP contribution in [0.3, 0.4) is 0 Å². The molecule has 0 aliphatic carbocycles. The molecule has 31 heavy (non-hydrogen) atoms. The Morgan fingerprint density at radius 2 is 1.71 bits per heavy atom. The average molecular weight is 461 g/mol. The highest BCUT2D eigenvalue weighted by atomic mass is 35.5. The summed E-state index contributed by atoms with van der Waals surface area (Å²) in [6.07, 6.45) is 0. The number of halogens is 2. The molecule has 1 saturated heterocycles. The van der Waals surface area contributed by atoms with Crippen molar-refractivity contribution in [1.29, 1.82) is 0 Å². The van der Waals surface area contributed by atoms with Crippen LogP contribution in [-0.4, -0.2) is 53.8 Å². The van der Waals surface area contributed by atoms with E-state index in [1.165, 1.54) is 11.0 Å². The van der Waals surface area contributed by atoms with Gasteiger partial charge in [-0.25, -0.2) is 0 Å². The van der Waals surface area contributed by atoms with Gasteiger partial charge in [0.05, 0.1) is 21.7 Å². The zero-order chi connectivity index (χ0) is 22.9. The molecule has 0 aromatic heterocycles. The topological polar surface area (TPSA) is 60.9 Å². The molecule has 1 heterocycles. The molecule has 0 bridgehead atoms. The van der Waals surface area contributed by atoms with E-state index in [0.717, 1.165) is 11.1 Å². The molecule has 1 aliphatic rings. The summed E-state index contributed by atoms with van der Waals surface area (Å²) in [4.78, 5) is 29.4. The van der Waals surface area contributed by atoms with Gasteiger partial charge in [-0.2, -0.15) is 0 Å².